The summed E-state index contributed by atoms with van der Waals surface area (Å²) in [5, 5.41) is 2.77. The Hall–Kier alpha value is -2.93. The largest absolute Gasteiger partial charge is 0.343 e. The average Bonchev–Trinajstić information content (AvgIpc) is 3.56. The van der Waals surface area contributed by atoms with E-state index in [1.165, 1.54) is 11.3 Å². The van der Waals surface area contributed by atoms with E-state index in [0.717, 1.165) is 54.2 Å². The van der Waals surface area contributed by atoms with Crippen LogP contribution in [-0.2, 0) is 13.1 Å². The van der Waals surface area contributed by atoms with Gasteiger partial charge in [-0.15, -0.1) is 11.3 Å². The van der Waals surface area contributed by atoms with Gasteiger partial charge in [0.1, 0.15) is 10.7 Å². The molecule has 1 aliphatic rings. The van der Waals surface area contributed by atoms with E-state index < -0.39 is 0 Å². The van der Waals surface area contributed by atoms with E-state index in [4.69, 9.17) is 0 Å². The molecule has 0 N–H and O–H groups in total. The van der Waals surface area contributed by atoms with Crippen LogP contribution in [0.2, 0.25) is 0 Å². The van der Waals surface area contributed by atoms with Crippen molar-refractivity contribution in [1.29, 1.82) is 0 Å². The van der Waals surface area contributed by atoms with Gasteiger partial charge in [0, 0.05) is 42.5 Å². The Balaban J connectivity index is 1.47. The molecule has 0 saturated carbocycles. The predicted molar refractivity (Wildman–Crippen MR) is 127 cm³/mol. The third kappa shape index (κ3) is 4.93. The van der Waals surface area contributed by atoms with Crippen molar-refractivity contribution < 1.29 is 9.59 Å². The van der Waals surface area contributed by atoms with Crippen LogP contribution >= 0.6 is 11.3 Å². The van der Waals surface area contributed by atoms with Crippen LogP contribution in [0, 0.1) is 6.92 Å². The smallest absolute Gasteiger partial charge is 0.273 e. The molecule has 7 heteroatoms. The van der Waals surface area contributed by atoms with Crippen LogP contribution in [0.15, 0.2) is 48.0 Å². The molecule has 6 nitrogen and oxygen atoms in total. The van der Waals surface area contributed by atoms with Crippen molar-refractivity contribution in [3.63, 3.8) is 0 Å². The minimum atomic E-state index is 0.0377. The highest BCUT2D eigenvalue weighted by atomic mass is 32.1. The molecule has 1 aliphatic heterocycles. The summed E-state index contributed by atoms with van der Waals surface area (Å²) in [4.78, 5) is 34.2. The second-order valence-corrected chi connectivity index (χ2v) is 9.24. The lowest BCUT2D eigenvalue weighted by molar-refractivity contribution is 0.0737. The highest BCUT2D eigenvalue weighted by molar-refractivity contribution is 7.09. The zero-order valence-electron chi connectivity index (χ0n) is 18.8. The summed E-state index contributed by atoms with van der Waals surface area (Å²) in [6.07, 6.45) is 5.06. The van der Waals surface area contributed by atoms with E-state index in [1.54, 1.807) is 0 Å². The molecule has 32 heavy (non-hydrogen) atoms. The lowest BCUT2D eigenvalue weighted by Gasteiger charge is -2.24. The van der Waals surface area contributed by atoms with Gasteiger partial charge in [-0.25, -0.2) is 4.98 Å². The van der Waals surface area contributed by atoms with Gasteiger partial charge in [-0.2, -0.15) is 0 Å². The van der Waals surface area contributed by atoms with E-state index >= 15 is 0 Å². The van der Waals surface area contributed by atoms with Gasteiger partial charge >= 0.3 is 0 Å². The van der Waals surface area contributed by atoms with E-state index in [0.29, 0.717) is 25.3 Å². The van der Waals surface area contributed by atoms with Crippen LogP contribution in [-0.4, -0.2) is 50.8 Å². The standard InChI is InChI=1S/C25H30N4O2S/c1-3-12-29(24(30)21-11-5-4-9-19(21)2)16-20-10-8-15-28(20)17-23-26-22(18-32-23)25(31)27-13-6-7-14-27/h4-5,8-11,15,18H,3,6-7,12-14,16-17H2,1-2H3. The minimum Gasteiger partial charge on any atom is -0.343 e. The molecular weight excluding hydrogens is 420 g/mol. The molecule has 1 fully saturated rings. The highest BCUT2D eigenvalue weighted by Crippen LogP contribution is 2.19. The van der Waals surface area contributed by atoms with Crippen molar-refractivity contribution in [1.82, 2.24) is 19.4 Å². The Morgan fingerprint density at radius 2 is 1.91 bits per heavy atom. The molecule has 2 aromatic heterocycles. The summed E-state index contributed by atoms with van der Waals surface area (Å²) in [5.74, 6) is 0.0983. The number of rotatable bonds is 8. The van der Waals surface area contributed by atoms with Crippen LogP contribution in [0.25, 0.3) is 0 Å². The maximum absolute atomic E-state index is 13.2. The average molecular weight is 451 g/mol. The third-order valence-corrected chi connectivity index (χ3v) is 6.74. The first-order valence-corrected chi connectivity index (χ1v) is 12.2. The van der Waals surface area contributed by atoms with Gasteiger partial charge in [0.05, 0.1) is 13.1 Å². The fourth-order valence-electron chi connectivity index (χ4n) is 4.16. The van der Waals surface area contributed by atoms with Gasteiger partial charge in [0.2, 0.25) is 0 Å². The van der Waals surface area contributed by atoms with Crippen molar-refractivity contribution in [3.05, 3.63) is 75.5 Å². The summed E-state index contributed by atoms with van der Waals surface area (Å²) < 4.78 is 2.12. The molecule has 0 spiro atoms. The van der Waals surface area contributed by atoms with Gasteiger partial charge in [-0.3, -0.25) is 9.59 Å². The molecule has 168 valence electrons. The molecule has 1 saturated heterocycles. The fourth-order valence-corrected chi connectivity index (χ4v) is 4.92. The number of nitrogens with zero attached hydrogens (tertiary/aromatic N) is 4. The Morgan fingerprint density at radius 1 is 1.12 bits per heavy atom. The fraction of sp³-hybridized carbons (Fsp3) is 0.400. The molecule has 0 radical (unpaired) electrons. The number of carbonyl (C=O) groups excluding carboxylic acids is 2. The molecule has 0 aliphatic carbocycles. The first-order chi connectivity index (χ1) is 15.6. The number of benzene rings is 1. The topological polar surface area (TPSA) is 58.4 Å². The van der Waals surface area contributed by atoms with Crippen LogP contribution in [0.4, 0.5) is 0 Å². The Morgan fingerprint density at radius 3 is 2.66 bits per heavy atom. The quantitative estimate of drug-likeness (QED) is 0.504. The SMILES string of the molecule is CCCN(Cc1cccn1Cc1nc(C(=O)N2CCCC2)cs1)C(=O)c1ccccc1C. The normalized spacial score (nSPS) is 13.5. The van der Waals surface area contributed by atoms with E-state index in [2.05, 4.69) is 22.5 Å². The minimum absolute atomic E-state index is 0.0377. The van der Waals surface area contributed by atoms with E-state index in [-0.39, 0.29) is 11.8 Å². The maximum atomic E-state index is 13.2. The number of amides is 2. The molecule has 0 unspecified atom stereocenters. The van der Waals surface area contributed by atoms with Gasteiger partial charge < -0.3 is 14.4 Å². The second-order valence-electron chi connectivity index (χ2n) is 8.29. The van der Waals surface area contributed by atoms with Crippen molar-refractivity contribution in [2.24, 2.45) is 0 Å². The van der Waals surface area contributed by atoms with Gasteiger partial charge in [0.15, 0.2) is 0 Å². The zero-order valence-corrected chi connectivity index (χ0v) is 19.6. The second kappa shape index (κ2) is 10.1. The number of thiazole rings is 1. The molecule has 2 amide bonds. The molecule has 3 heterocycles. The van der Waals surface area contributed by atoms with E-state index in [1.807, 2.05) is 58.6 Å². The van der Waals surface area contributed by atoms with Gasteiger partial charge in [0.25, 0.3) is 11.8 Å². The summed E-state index contributed by atoms with van der Waals surface area (Å²) in [7, 11) is 0. The number of likely N-dealkylation sites (tertiary alicyclic amines) is 1. The summed E-state index contributed by atoms with van der Waals surface area (Å²) >= 11 is 1.52. The van der Waals surface area contributed by atoms with Crippen LogP contribution in [0.5, 0.6) is 0 Å². The molecule has 4 rings (SSSR count). The molecule has 0 atom stereocenters. The Labute approximate surface area is 193 Å². The number of aryl methyl sites for hydroxylation is 1. The van der Waals surface area contributed by atoms with Gasteiger partial charge in [-0.1, -0.05) is 25.1 Å². The van der Waals surface area contributed by atoms with Crippen molar-refractivity contribution >= 4 is 23.2 Å². The zero-order chi connectivity index (χ0) is 22.5. The first-order valence-electron chi connectivity index (χ1n) is 11.3. The summed E-state index contributed by atoms with van der Waals surface area (Å²) in [5.41, 5.74) is 3.35. The monoisotopic (exact) mass is 450 g/mol. The van der Waals surface area contributed by atoms with Crippen molar-refractivity contribution in [2.75, 3.05) is 19.6 Å². The number of hydrogen-bond donors (Lipinski definition) is 0. The molecule has 1 aromatic carbocycles. The lowest BCUT2D eigenvalue weighted by atomic mass is 10.1. The molecule has 0 bridgehead atoms. The van der Waals surface area contributed by atoms with Crippen molar-refractivity contribution in [2.45, 2.75) is 46.2 Å². The number of hydrogen-bond acceptors (Lipinski definition) is 4. The number of aromatic nitrogens is 2. The first kappa shape index (κ1) is 22.3. The third-order valence-electron chi connectivity index (χ3n) is 5.90. The summed E-state index contributed by atoms with van der Waals surface area (Å²) in [6, 6.07) is 11.8. The van der Waals surface area contributed by atoms with Crippen LogP contribution in [0.3, 0.4) is 0 Å². The number of carbonyl (C=O) groups is 2. The van der Waals surface area contributed by atoms with E-state index in [9.17, 15) is 9.59 Å². The van der Waals surface area contributed by atoms with Crippen LogP contribution in [0.1, 0.15) is 63.3 Å². The molecule has 3 aromatic rings. The summed E-state index contributed by atoms with van der Waals surface area (Å²) in [6.45, 7) is 7.56. The lowest BCUT2D eigenvalue weighted by Crippen LogP contribution is -2.32. The van der Waals surface area contributed by atoms with Crippen LogP contribution < -0.4 is 0 Å². The predicted octanol–water partition coefficient (Wildman–Crippen LogP) is 4.59. The van der Waals surface area contributed by atoms with Crippen molar-refractivity contribution in [3.8, 4) is 0 Å². The highest BCUT2D eigenvalue weighted by Gasteiger charge is 2.22. The molecular formula is C25H30N4O2S. The Bertz CT molecular complexity index is 1080. The maximum Gasteiger partial charge on any atom is 0.273 e. The Kier molecular flexibility index (Phi) is 7.05. The van der Waals surface area contributed by atoms with Gasteiger partial charge in [-0.05, 0) is 49.9 Å².